The van der Waals surface area contributed by atoms with Crippen molar-refractivity contribution >= 4 is 23.2 Å². The average Bonchev–Trinajstić information content (AvgIpc) is 2.96. The lowest BCUT2D eigenvalue weighted by molar-refractivity contribution is 0.546. The van der Waals surface area contributed by atoms with Gasteiger partial charge in [0.05, 0.1) is 11.1 Å². The van der Waals surface area contributed by atoms with Gasteiger partial charge in [0.1, 0.15) is 34.7 Å². The zero-order valence-electron chi connectivity index (χ0n) is 13.7. The van der Waals surface area contributed by atoms with Crippen LogP contribution in [0.15, 0.2) is 18.5 Å². The summed E-state index contributed by atoms with van der Waals surface area (Å²) in [6.45, 7) is 5.87. The van der Waals surface area contributed by atoms with Crippen LogP contribution in [0, 0.1) is 23.4 Å². The Morgan fingerprint density at radius 2 is 1.72 bits per heavy atom. The summed E-state index contributed by atoms with van der Waals surface area (Å²) >= 11 is 6.19. The van der Waals surface area contributed by atoms with Gasteiger partial charge in [-0.25, -0.2) is 13.2 Å². The van der Waals surface area contributed by atoms with Crippen LogP contribution in [0.25, 0.3) is 16.9 Å². The van der Waals surface area contributed by atoms with Gasteiger partial charge in [0.2, 0.25) is 0 Å². The van der Waals surface area contributed by atoms with E-state index in [9.17, 15) is 13.2 Å². The highest BCUT2D eigenvalue weighted by Crippen LogP contribution is 2.38. The van der Waals surface area contributed by atoms with Gasteiger partial charge in [0.25, 0.3) is 5.78 Å². The predicted molar refractivity (Wildman–Crippen MR) is 89.0 cm³/mol. The lowest BCUT2D eigenvalue weighted by Crippen LogP contribution is -2.24. The van der Waals surface area contributed by atoms with E-state index < -0.39 is 23.0 Å². The van der Waals surface area contributed by atoms with Crippen molar-refractivity contribution in [2.24, 2.45) is 5.92 Å². The maximum absolute atomic E-state index is 14.3. The normalized spacial score (nSPS) is 12.8. The third kappa shape index (κ3) is 3.13. The van der Waals surface area contributed by atoms with Crippen LogP contribution in [0.3, 0.4) is 0 Å². The topological polar surface area (TPSA) is 55.1 Å². The van der Waals surface area contributed by atoms with E-state index in [4.69, 9.17) is 11.6 Å². The van der Waals surface area contributed by atoms with Gasteiger partial charge < -0.3 is 5.32 Å². The first kappa shape index (κ1) is 17.5. The van der Waals surface area contributed by atoms with Gasteiger partial charge in [-0.1, -0.05) is 25.4 Å². The third-order valence-electron chi connectivity index (χ3n) is 4.00. The third-order valence-corrected chi connectivity index (χ3v) is 4.28. The van der Waals surface area contributed by atoms with Crippen LogP contribution in [0.2, 0.25) is 5.15 Å². The molecule has 2 heterocycles. The zero-order chi connectivity index (χ0) is 18.3. The van der Waals surface area contributed by atoms with Gasteiger partial charge >= 0.3 is 0 Å². The predicted octanol–water partition coefficient (Wildman–Crippen LogP) is 4.32. The van der Waals surface area contributed by atoms with E-state index in [2.05, 4.69) is 20.4 Å². The summed E-state index contributed by atoms with van der Waals surface area (Å²) in [5.41, 5.74) is -0.517. The molecule has 132 valence electrons. The fourth-order valence-electron chi connectivity index (χ4n) is 2.33. The maximum atomic E-state index is 14.3. The van der Waals surface area contributed by atoms with Gasteiger partial charge in [-0.2, -0.15) is 19.6 Å². The van der Waals surface area contributed by atoms with Crippen molar-refractivity contribution in [3.8, 4) is 11.1 Å². The molecule has 2 aromatic heterocycles. The minimum Gasteiger partial charge on any atom is -0.367 e. The number of fused-ring (bicyclic) bond motifs is 1. The molecule has 0 bridgehead atoms. The van der Waals surface area contributed by atoms with Crippen LogP contribution in [-0.4, -0.2) is 25.6 Å². The Labute approximate surface area is 146 Å². The second-order valence-electron chi connectivity index (χ2n) is 6.02. The van der Waals surface area contributed by atoms with E-state index in [1.165, 1.54) is 10.8 Å². The lowest BCUT2D eigenvalue weighted by Gasteiger charge is -2.22. The molecule has 0 saturated carbocycles. The van der Waals surface area contributed by atoms with Gasteiger partial charge in [-0.15, -0.1) is 0 Å². The molecular weight excluding hydrogens is 355 g/mol. The molecular formula is C16H15ClF3N5. The smallest absolute Gasteiger partial charge is 0.255 e. The molecule has 1 aromatic carbocycles. The van der Waals surface area contributed by atoms with Crippen molar-refractivity contribution in [2.45, 2.75) is 26.8 Å². The zero-order valence-corrected chi connectivity index (χ0v) is 14.4. The molecule has 1 unspecified atom stereocenters. The second kappa shape index (κ2) is 6.51. The highest BCUT2D eigenvalue weighted by Gasteiger charge is 2.25. The molecule has 0 aliphatic rings. The number of hydrogen-bond donors (Lipinski definition) is 1. The largest absolute Gasteiger partial charge is 0.367 e. The minimum atomic E-state index is -1.08. The fourth-order valence-corrected chi connectivity index (χ4v) is 2.59. The van der Waals surface area contributed by atoms with Crippen LogP contribution in [0.5, 0.6) is 0 Å². The lowest BCUT2D eigenvalue weighted by atomic mass is 10.0. The number of nitrogens with one attached hydrogen (secondary N) is 1. The van der Waals surface area contributed by atoms with E-state index in [-0.39, 0.29) is 34.3 Å². The summed E-state index contributed by atoms with van der Waals surface area (Å²) in [5, 5.41) is 7.03. The molecule has 5 nitrogen and oxygen atoms in total. The van der Waals surface area contributed by atoms with E-state index in [0.29, 0.717) is 12.1 Å². The summed E-state index contributed by atoms with van der Waals surface area (Å²) in [4.78, 5) is 7.97. The summed E-state index contributed by atoms with van der Waals surface area (Å²) in [7, 11) is 0. The number of benzene rings is 1. The van der Waals surface area contributed by atoms with Gasteiger partial charge in [0.15, 0.2) is 0 Å². The molecule has 0 aliphatic carbocycles. The van der Waals surface area contributed by atoms with Crippen molar-refractivity contribution in [3.63, 3.8) is 0 Å². The molecule has 1 N–H and O–H groups in total. The highest BCUT2D eigenvalue weighted by molar-refractivity contribution is 6.33. The van der Waals surface area contributed by atoms with E-state index >= 15 is 0 Å². The summed E-state index contributed by atoms with van der Waals surface area (Å²) in [6.07, 6.45) is 1.25. The maximum Gasteiger partial charge on any atom is 0.255 e. The highest BCUT2D eigenvalue weighted by atomic mass is 35.5. The van der Waals surface area contributed by atoms with Crippen molar-refractivity contribution in [1.29, 1.82) is 0 Å². The minimum absolute atomic E-state index is 0.0397. The van der Waals surface area contributed by atoms with Gasteiger partial charge in [0, 0.05) is 18.2 Å². The Kier molecular flexibility index (Phi) is 4.55. The van der Waals surface area contributed by atoms with Crippen LogP contribution in [0.4, 0.5) is 19.0 Å². The molecule has 0 saturated heterocycles. The standard InChI is InChI=1S/C16H15ClF3N5/c1-7(2)8(3)23-15-13(12-10(19)4-9(18)5-11(12)20)14(17)24-16-21-6-22-25(15)16/h4-8,23H,1-3H3. The Hall–Kier alpha value is -2.35. The Balaban J connectivity index is 2.32. The van der Waals surface area contributed by atoms with E-state index in [0.717, 1.165) is 0 Å². The molecule has 0 radical (unpaired) electrons. The van der Waals surface area contributed by atoms with Crippen molar-refractivity contribution in [1.82, 2.24) is 19.6 Å². The summed E-state index contributed by atoms with van der Waals surface area (Å²) in [6, 6.07) is 1.11. The molecule has 0 fully saturated rings. The number of rotatable bonds is 4. The monoisotopic (exact) mass is 369 g/mol. The van der Waals surface area contributed by atoms with Gasteiger partial charge in [-0.3, -0.25) is 0 Å². The second-order valence-corrected chi connectivity index (χ2v) is 6.38. The first-order valence-electron chi connectivity index (χ1n) is 7.60. The van der Waals surface area contributed by atoms with E-state index in [1.54, 1.807) is 0 Å². The van der Waals surface area contributed by atoms with Crippen LogP contribution in [0.1, 0.15) is 20.8 Å². The van der Waals surface area contributed by atoms with Crippen LogP contribution < -0.4 is 5.32 Å². The number of anilines is 1. The Morgan fingerprint density at radius 3 is 2.32 bits per heavy atom. The van der Waals surface area contributed by atoms with Crippen molar-refractivity contribution < 1.29 is 13.2 Å². The SMILES string of the molecule is CC(C)C(C)Nc1c(-c2c(F)cc(F)cc2F)c(Cl)nc2ncnn12. The number of halogens is 4. The molecule has 0 aliphatic heterocycles. The first-order valence-corrected chi connectivity index (χ1v) is 7.98. The average molecular weight is 370 g/mol. The number of hydrogen-bond acceptors (Lipinski definition) is 4. The molecule has 3 rings (SSSR count). The fraction of sp³-hybridized carbons (Fsp3) is 0.312. The number of nitrogens with zero attached hydrogens (tertiary/aromatic N) is 4. The van der Waals surface area contributed by atoms with Crippen molar-refractivity contribution in [2.75, 3.05) is 5.32 Å². The molecule has 25 heavy (non-hydrogen) atoms. The number of aromatic nitrogens is 4. The quantitative estimate of drug-likeness (QED) is 0.696. The molecule has 0 amide bonds. The molecule has 1 atom stereocenters. The molecule has 3 aromatic rings. The summed E-state index contributed by atoms with van der Waals surface area (Å²) < 4.78 is 43.3. The van der Waals surface area contributed by atoms with Crippen LogP contribution in [-0.2, 0) is 0 Å². The summed E-state index contributed by atoms with van der Waals surface area (Å²) in [5.74, 6) is -2.56. The molecule has 0 spiro atoms. The molecule has 9 heteroatoms. The van der Waals surface area contributed by atoms with Crippen LogP contribution >= 0.6 is 11.6 Å². The van der Waals surface area contributed by atoms with Gasteiger partial charge in [-0.05, 0) is 12.8 Å². The Morgan fingerprint density at radius 1 is 1.08 bits per heavy atom. The van der Waals surface area contributed by atoms with Crippen molar-refractivity contribution in [3.05, 3.63) is 41.1 Å². The first-order chi connectivity index (χ1) is 11.8. The van der Waals surface area contributed by atoms with E-state index in [1.807, 2.05) is 20.8 Å². The Bertz CT molecular complexity index is 918.